The number of hydrogen-bond donors (Lipinski definition) is 0. The molecule has 0 spiro atoms. The largest absolute Gasteiger partial charge is 0.465 e. The summed E-state index contributed by atoms with van der Waals surface area (Å²) in [6, 6.07) is 10.5. The quantitative estimate of drug-likeness (QED) is 0.797. The molecule has 0 saturated carbocycles. The van der Waals surface area contributed by atoms with Crippen molar-refractivity contribution in [2.24, 2.45) is 5.92 Å². The summed E-state index contributed by atoms with van der Waals surface area (Å²) in [5, 5.41) is 0. The van der Waals surface area contributed by atoms with Crippen LogP contribution < -0.4 is 0 Å². The summed E-state index contributed by atoms with van der Waals surface area (Å²) in [5.74, 6) is 0.452. The summed E-state index contributed by atoms with van der Waals surface area (Å²) in [6.07, 6.45) is 6.78. The Balaban J connectivity index is 1.48. The van der Waals surface area contributed by atoms with Crippen LogP contribution in [0.5, 0.6) is 0 Å². The highest BCUT2D eigenvalue weighted by Crippen LogP contribution is 2.31. The summed E-state index contributed by atoms with van der Waals surface area (Å²) in [4.78, 5) is 14.6. The summed E-state index contributed by atoms with van der Waals surface area (Å²) in [6.45, 7) is 3.07. The highest BCUT2D eigenvalue weighted by atomic mass is 16.5. The third-order valence-corrected chi connectivity index (χ3v) is 4.88. The van der Waals surface area contributed by atoms with Crippen LogP contribution in [0, 0.1) is 5.92 Å². The average Bonchev–Trinajstić information content (AvgIpc) is 2.54. The van der Waals surface area contributed by atoms with Crippen LogP contribution in [0.3, 0.4) is 0 Å². The van der Waals surface area contributed by atoms with Gasteiger partial charge in [-0.15, -0.1) is 0 Å². The maximum Gasteiger partial charge on any atom is 0.310 e. The molecule has 0 bridgehead atoms. The van der Waals surface area contributed by atoms with Gasteiger partial charge in [0.1, 0.15) is 0 Å². The van der Waals surface area contributed by atoms with Gasteiger partial charge in [-0.25, -0.2) is 0 Å². The van der Waals surface area contributed by atoms with Crippen molar-refractivity contribution >= 4 is 5.97 Å². The maximum atomic E-state index is 12.0. The summed E-state index contributed by atoms with van der Waals surface area (Å²) in [5.41, 5.74) is 1.03. The molecular weight excluding hydrogens is 262 g/mol. The molecule has 2 fully saturated rings. The Labute approximate surface area is 127 Å². The fourth-order valence-electron chi connectivity index (χ4n) is 3.79. The molecule has 3 rings (SSSR count). The number of piperidine rings is 2. The highest BCUT2D eigenvalue weighted by Gasteiger charge is 2.33. The predicted octanol–water partition coefficient (Wildman–Crippen LogP) is 3.04. The van der Waals surface area contributed by atoms with E-state index in [1.807, 2.05) is 30.3 Å². The minimum atomic E-state index is -0.0888. The number of ether oxygens (including phenoxy) is 1. The zero-order valence-electron chi connectivity index (χ0n) is 12.7. The van der Waals surface area contributed by atoms with E-state index in [0.29, 0.717) is 25.0 Å². The molecule has 0 unspecified atom stereocenters. The van der Waals surface area contributed by atoms with Crippen molar-refractivity contribution in [3.05, 3.63) is 35.9 Å². The third kappa shape index (κ3) is 3.85. The lowest BCUT2D eigenvalue weighted by Crippen LogP contribution is -2.49. The monoisotopic (exact) mass is 287 g/mol. The first kappa shape index (κ1) is 14.6. The van der Waals surface area contributed by atoms with Crippen LogP contribution in [0.2, 0.25) is 0 Å². The molecule has 2 saturated heterocycles. The van der Waals surface area contributed by atoms with Crippen LogP contribution in [0.15, 0.2) is 30.3 Å². The van der Waals surface area contributed by atoms with Crippen molar-refractivity contribution in [3.8, 4) is 0 Å². The summed E-state index contributed by atoms with van der Waals surface area (Å²) >= 11 is 0. The molecule has 0 N–H and O–H groups in total. The Hall–Kier alpha value is -1.35. The van der Waals surface area contributed by atoms with Gasteiger partial charge in [0.15, 0.2) is 0 Å². The number of rotatable bonds is 4. The van der Waals surface area contributed by atoms with Gasteiger partial charge in [-0.05, 0) is 44.3 Å². The number of esters is 1. The Morgan fingerprint density at radius 3 is 2.76 bits per heavy atom. The SMILES string of the molecule is O=C(Cc1ccccc1)OC[C@@H]1CCCN2CCCC[C@@H]12. The zero-order chi connectivity index (χ0) is 14.5. The minimum absolute atomic E-state index is 0.0888. The minimum Gasteiger partial charge on any atom is -0.465 e. The Morgan fingerprint density at radius 2 is 1.90 bits per heavy atom. The van der Waals surface area contributed by atoms with Crippen molar-refractivity contribution in [1.29, 1.82) is 0 Å². The standard InChI is InChI=1S/C18H25NO2/c20-18(13-15-7-2-1-3-8-15)21-14-16-9-6-12-19-11-5-4-10-17(16)19/h1-3,7-8,16-17H,4-6,9-14H2/t16-,17-/m0/s1. The lowest BCUT2D eigenvalue weighted by molar-refractivity contribution is -0.145. The van der Waals surface area contributed by atoms with E-state index in [0.717, 1.165) is 5.56 Å². The smallest absolute Gasteiger partial charge is 0.310 e. The highest BCUT2D eigenvalue weighted by molar-refractivity contribution is 5.72. The van der Waals surface area contributed by atoms with Gasteiger partial charge in [0.25, 0.3) is 0 Å². The van der Waals surface area contributed by atoms with Gasteiger partial charge in [-0.1, -0.05) is 36.8 Å². The van der Waals surface area contributed by atoms with Crippen LogP contribution in [0.4, 0.5) is 0 Å². The third-order valence-electron chi connectivity index (χ3n) is 4.88. The molecule has 2 aliphatic heterocycles. The van der Waals surface area contributed by atoms with E-state index in [1.165, 1.54) is 45.2 Å². The number of carbonyl (C=O) groups excluding carboxylic acids is 1. The zero-order valence-corrected chi connectivity index (χ0v) is 12.7. The van der Waals surface area contributed by atoms with Gasteiger partial charge in [0, 0.05) is 12.0 Å². The lowest BCUT2D eigenvalue weighted by atomic mass is 9.84. The van der Waals surface area contributed by atoms with Crippen molar-refractivity contribution in [2.45, 2.75) is 44.6 Å². The molecule has 3 heteroatoms. The van der Waals surface area contributed by atoms with E-state index >= 15 is 0 Å². The second-order valence-electron chi connectivity index (χ2n) is 6.35. The van der Waals surface area contributed by atoms with E-state index < -0.39 is 0 Å². The fraction of sp³-hybridized carbons (Fsp3) is 0.611. The van der Waals surface area contributed by atoms with Crippen LogP contribution in [-0.4, -0.2) is 36.6 Å². The van der Waals surface area contributed by atoms with Crippen LogP contribution in [-0.2, 0) is 16.0 Å². The van der Waals surface area contributed by atoms with E-state index in [1.54, 1.807) is 0 Å². The molecule has 3 nitrogen and oxygen atoms in total. The second-order valence-corrected chi connectivity index (χ2v) is 6.35. The van der Waals surface area contributed by atoms with Gasteiger partial charge >= 0.3 is 5.97 Å². The summed E-state index contributed by atoms with van der Waals surface area (Å²) < 4.78 is 5.57. The van der Waals surface area contributed by atoms with E-state index in [4.69, 9.17) is 4.74 Å². The van der Waals surface area contributed by atoms with E-state index in [-0.39, 0.29) is 5.97 Å². The molecule has 2 aliphatic rings. The lowest BCUT2D eigenvalue weighted by Gasteiger charge is -2.44. The van der Waals surface area contributed by atoms with E-state index in [9.17, 15) is 4.79 Å². The van der Waals surface area contributed by atoms with Crippen molar-refractivity contribution < 1.29 is 9.53 Å². The Morgan fingerprint density at radius 1 is 1.10 bits per heavy atom. The molecule has 1 aromatic rings. The maximum absolute atomic E-state index is 12.0. The van der Waals surface area contributed by atoms with Crippen molar-refractivity contribution in [2.75, 3.05) is 19.7 Å². The molecule has 21 heavy (non-hydrogen) atoms. The van der Waals surface area contributed by atoms with Gasteiger partial charge in [-0.2, -0.15) is 0 Å². The molecule has 1 aromatic carbocycles. The molecule has 2 heterocycles. The first-order chi connectivity index (χ1) is 10.3. The number of hydrogen-bond acceptors (Lipinski definition) is 3. The molecule has 0 amide bonds. The second kappa shape index (κ2) is 7.08. The van der Waals surface area contributed by atoms with Crippen LogP contribution >= 0.6 is 0 Å². The topological polar surface area (TPSA) is 29.5 Å². The van der Waals surface area contributed by atoms with E-state index in [2.05, 4.69) is 4.90 Å². The first-order valence-corrected chi connectivity index (χ1v) is 8.26. The normalized spacial score (nSPS) is 26.1. The van der Waals surface area contributed by atoms with Crippen molar-refractivity contribution in [3.63, 3.8) is 0 Å². The molecular formula is C18H25NO2. The Bertz CT molecular complexity index is 458. The molecule has 0 aliphatic carbocycles. The average molecular weight is 287 g/mol. The van der Waals surface area contributed by atoms with Gasteiger partial charge in [0.05, 0.1) is 13.0 Å². The van der Waals surface area contributed by atoms with Gasteiger partial charge in [0.2, 0.25) is 0 Å². The van der Waals surface area contributed by atoms with Gasteiger partial charge < -0.3 is 4.74 Å². The molecule has 0 aromatic heterocycles. The van der Waals surface area contributed by atoms with Crippen molar-refractivity contribution in [1.82, 2.24) is 4.90 Å². The van der Waals surface area contributed by atoms with Crippen LogP contribution in [0.1, 0.15) is 37.7 Å². The Kier molecular flexibility index (Phi) is 4.91. The number of benzene rings is 1. The number of nitrogens with zero attached hydrogens (tertiary/aromatic N) is 1. The number of fused-ring (bicyclic) bond motifs is 1. The fourth-order valence-corrected chi connectivity index (χ4v) is 3.79. The molecule has 0 radical (unpaired) electrons. The summed E-state index contributed by atoms with van der Waals surface area (Å²) in [7, 11) is 0. The first-order valence-electron chi connectivity index (χ1n) is 8.26. The molecule has 114 valence electrons. The number of carbonyl (C=O) groups is 1. The van der Waals surface area contributed by atoms with Crippen LogP contribution in [0.25, 0.3) is 0 Å². The molecule has 2 atom stereocenters. The predicted molar refractivity (Wildman–Crippen MR) is 83.0 cm³/mol. The van der Waals surface area contributed by atoms with Gasteiger partial charge in [-0.3, -0.25) is 9.69 Å².